The maximum Gasteiger partial charge on any atom is 0.310 e. The molecule has 0 aliphatic rings. The minimum atomic E-state index is -0.212. The highest BCUT2D eigenvalue weighted by Crippen LogP contribution is 2.34. The van der Waals surface area contributed by atoms with Crippen molar-refractivity contribution in [2.75, 3.05) is 20.3 Å². The van der Waals surface area contributed by atoms with Crippen LogP contribution in [-0.4, -0.2) is 26.2 Å². The predicted molar refractivity (Wildman–Crippen MR) is 101 cm³/mol. The molecule has 0 saturated carbocycles. The largest absolute Gasteiger partial charge is 0.496 e. The van der Waals surface area contributed by atoms with Crippen molar-refractivity contribution >= 4 is 5.97 Å². The molecule has 4 nitrogen and oxygen atoms in total. The Hall–Kier alpha value is -2.33. The molecule has 2 aromatic rings. The van der Waals surface area contributed by atoms with Gasteiger partial charge in [-0.15, -0.1) is 0 Å². The molecule has 0 heterocycles. The lowest BCUT2D eigenvalue weighted by molar-refractivity contribution is -0.142. The quantitative estimate of drug-likeness (QED) is 0.740. The number of benzene rings is 2. The van der Waals surface area contributed by atoms with Gasteiger partial charge in [-0.2, -0.15) is 0 Å². The van der Waals surface area contributed by atoms with Gasteiger partial charge in [0.2, 0.25) is 0 Å². The molecule has 2 aromatic carbocycles. The standard InChI is InChI=1S/C21H27NO3/c1-5-22-14-17-9-7-15(3)11-18(17)19-12-16(8-10-20(19)24-4)13-21(23)25-6-2/h7-12,22H,5-6,13-14H2,1-4H3. The molecule has 0 amide bonds. The molecule has 0 fully saturated rings. The fraction of sp³-hybridized carbons (Fsp3) is 0.381. The third kappa shape index (κ3) is 5.07. The Kier molecular flexibility index (Phi) is 7.02. The van der Waals surface area contributed by atoms with Crippen LogP contribution in [0.5, 0.6) is 5.75 Å². The van der Waals surface area contributed by atoms with Crippen LogP contribution < -0.4 is 10.1 Å². The second-order valence-corrected chi connectivity index (χ2v) is 5.96. The zero-order valence-electron chi connectivity index (χ0n) is 15.5. The molecule has 0 bridgehead atoms. The average molecular weight is 341 g/mol. The van der Waals surface area contributed by atoms with Crippen molar-refractivity contribution < 1.29 is 14.3 Å². The second-order valence-electron chi connectivity index (χ2n) is 5.96. The van der Waals surface area contributed by atoms with Crippen LogP contribution in [0.25, 0.3) is 11.1 Å². The lowest BCUT2D eigenvalue weighted by Crippen LogP contribution is -2.12. The van der Waals surface area contributed by atoms with Gasteiger partial charge in [-0.05, 0) is 49.2 Å². The summed E-state index contributed by atoms with van der Waals surface area (Å²) in [5.74, 6) is 0.590. The third-order valence-electron chi connectivity index (χ3n) is 4.04. The van der Waals surface area contributed by atoms with Crippen LogP contribution in [0.2, 0.25) is 0 Å². The smallest absolute Gasteiger partial charge is 0.310 e. The number of carbonyl (C=O) groups is 1. The molecule has 134 valence electrons. The van der Waals surface area contributed by atoms with Gasteiger partial charge in [0.1, 0.15) is 5.75 Å². The minimum Gasteiger partial charge on any atom is -0.496 e. The SMILES string of the molecule is CCNCc1ccc(C)cc1-c1cc(CC(=O)OCC)ccc1OC. The van der Waals surface area contributed by atoms with E-state index in [1.807, 2.05) is 25.1 Å². The van der Waals surface area contributed by atoms with E-state index in [0.29, 0.717) is 6.61 Å². The van der Waals surface area contributed by atoms with Crippen LogP contribution in [0.3, 0.4) is 0 Å². The van der Waals surface area contributed by atoms with E-state index in [-0.39, 0.29) is 12.4 Å². The molecule has 0 unspecified atom stereocenters. The lowest BCUT2D eigenvalue weighted by Gasteiger charge is -2.16. The number of ether oxygens (including phenoxy) is 2. The summed E-state index contributed by atoms with van der Waals surface area (Å²) in [5, 5.41) is 3.38. The van der Waals surface area contributed by atoms with E-state index < -0.39 is 0 Å². The van der Waals surface area contributed by atoms with Crippen LogP contribution in [0, 0.1) is 6.92 Å². The molecule has 0 atom stereocenters. The Morgan fingerprint density at radius 1 is 1.08 bits per heavy atom. The van der Waals surface area contributed by atoms with Crippen molar-refractivity contribution in [3.05, 3.63) is 53.1 Å². The Morgan fingerprint density at radius 3 is 2.56 bits per heavy atom. The first-order chi connectivity index (χ1) is 12.1. The number of aryl methyl sites for hydroxylation is 1. The molecule has 0 saturated heterocycles. The molecule has 0 spiro atoms. The van der Waals surface area contributed by atoms with Crippen molar-refractivity contribution in [3.63, 3.8) is 0 Å². The lowest BCUT2D eigenvalue weighted by atomic mass is 9.94. The van der Waals surface area contributed by atoms with Gasteiger partial charge in [0.15, 0.2) is 0 Å². The molecule has 4 heteroatoms. The molecular formula is C21H27NO3. The summed E-state index contributed by atoms with van der Waals surface area (Å²) in [6, 6.07) is 12.3. The predicted octanol–water partition coefficient (Wildman–Crippen LogP) is 3.89. The summed E-state index contributed by atoms with van der Waals surface area (Å²) in [5.41, 5.74) is 5.45. The van der Waals surface area contributed by atoms with Gasteiger partial charge < -0.3 is 14.8 Å². The van der Waals surface area contributed by atoms with E-state index in [1.54, 1.807) is 7.11 Å². The van der Waals surface area contributed by atoms with Crippen molar-refractivity contribution in [2.45, 2.75) is 33.7 Å². The van der Waals surface area contributed by atoms with Crippen LogP contribution in [0.1, 0.15) is 30.5 Å². The highest BCUT2D eigenvalue weighted by molar-refractivity contribution is 5.77. The normalized spacial score (nSPS) is 10.6. The fourth-order valence-corrected chi connectivity index (χ4v) is 2.81. The van der Waals surface area contributed by atoms with E-state index >= 15 is 0 Å². The second kappa shape index (κ2) is 9.23. The fourth-order valence-electron chi connectivity index (χ4n) is 2.81. The topological polar surface area (TPSA) is 47.6 Å². The maximum absolute atomic E-state index is 11.8. The van der Waals surface area contributed by atoms with Crippen molar-refractivity contribution in [2.24, 2.45) is 0 Å². The zero-order chi connectivity index (χ0) is 18.2. The monoisotopic (exact) mass is 341 g/mol. The first-order valence-corrected chi connectivity index (χ1v) is 8.72. The van der Waals surface area contributed by atoms with E-state index in [2.05, 4.69) is 37.4 Å². The van der Waals surface area contributed by atoms with Gasteiger partial charge >= 0.3 is 5.97 Å². The number of nitrogens with one attached hydrogen (secondary N) is 1. The highest BCUT2D eigenvalue weighted by atomic mass is 16.5. The van der Waals surface area contributed by atoms with Crippen molar-refractivity contribution in [1.29, 1.82) is 0 Å². The van der Waals surface area contributed by atoms with Crippen molar-refractivity contribution in [3.8, 4) is 16.9 Å². The number of carbonyl (C=O) groups excluding carboxylic acids is 1. The Morgan fingerprint density at radius 2 is 1.88 bits per heavy atom. The van der Waals surface area contributed by atoms with Gasteiger partial charge in [-0.3, -0.25) is 4.79 Å². The Labute approximate surface area is 150 Å². The van der Waals surface area contributed by atoms with Gasteiger partial charge in [-0.1, -0.05) is 36.8 Å². The molecule has 1 N–H and O–H groups in total. The van der Waals surface area contributed by atoms with Gasteiger partial charge in [0, 0.05) is 12.1 Å². The minimum absolute atomic E-state index is 0.212. The first kappa shape index (κ1) is 19.0. The number of esters is 1. The van der Waals surface area contributed by atoms with Gasteiger partial charge in [0.25, 0.3) is 0 Å². The third-order valence-corrected chi connectivity index (χ3v) is 4.04. The van der Waals surface area contributed by atoms with E-state index in [1.165, 1.54) is 11.1 Å². The van der Waals surface area contributed by atoms with Gasteiger partial charge in [0.05, 0.1) is 20.1 Å². The highest BCUT2D eigenvalue weighted by Gasteiger charge is 2.13. The molecule has 25 heavy (non-hydrogen) atoms. The van der Waals surface area contributed by atoms with E-state index in [9.17, 15) is 4.79 Å². The Balaban J connectivity index is 2.45. The van der Waals surface area contributed by atoms with Crippen LogP contribution in [-0.2, 0) is 22.5 Å². The summed E-state index contributed by atoms with van der Waals surface area (Å²) in [6.45, 7) is 8.08. The number of hydrogen-bond donors (Lipinski definition) is 1. The van der Waals surface area contributed by atoms with Crippen LogP contribution >= 0.6 is 0 Å². The molecule has 0 aliphatic carbocycles. The number of hydrogen-bond acceptors (Lipinski definition) is 4. The summed E-state index contributed by atoms with van der Waals surface area (Å²) in [7, 11) is 1.67. The number of rotatable bonds is 8. The van der Waals surface area contributed by atoms with E-state index in [0.717, 1.165) is 35.5 Å². The summed E-state index contributed by atoms with van der Waals surface area (Å²) >= 11 is 0. The van der Waals surface area contributed by atoms with Crippen LogP contribution in [0.4, 0.5) is 0 Å². The maximum atomic E-state index is 11.8. The molecule has 0 radical (unpaired) electrons. The zero-order valence-corrected chi connectivity index (χ0v) is 15.5. The average Bonchev–Trinajstić information content (AvgIpc) is 2.60. The van der Waals surface area contributed by atoms with E-state index in [4.69, 9.17) is 9.47 Å². The van der Waals surface area contributed by atoms with Crippen LogP contribution in [0.15, 0.2) is 36.4 Å². The Bertz CT molecular complexity index is 725. The molecule has 0 aromatic heterocycles. The molecule has 2 rings (SSSR count). The summed E-state index contributed by atoms with van der Waals surface area (Å²) < 4.78 is 10.6. The number of methoxy groups -OCH3 is 1. The van der Waals surface area contributed by atoms with Crippen molar-refractivity contribution in [1.82, 2.24) is 5.32 Å². The summed E-state index contributed by atoms with van der Waals surface area (Å²) in [4.78, 5) is 11.8. The molecule has 0 aliphatic heterocycles. The first-order valence-electron chi connectivity index (χ1n) is 8.72. The summed E-state index contributed by atoms with van der Waals surface area (Å²) in [6.07, 6.45) is 0.263. The molecular weight excluding hydrogens is 314 g/mol. The van der Waals surface area contributed by atoms with Gasteiger partial charge in [-0.25, -0.2) is 0 Å².